The molecule has 1 atom stereocenters. The lowest BCUT2D eigenvalue weighted by Crippen LogP contribution is -2.41. The van der Waals surface area contributed by atoms with Crippen molar-refractivity contribution >= 4 is 22.8 Å². The molecule has 0 bridgehead atoms. The monoisotopic (exact) mass is 271 g/mol. The second-order valence-corrected chi connectivity index (χ2v) is 4.45. The number of carbonyl (C=O) groups excluding carboxylic acids is 1. The lowest BCUT2D eigenvalue weighted by Gasteiger charge is -2.12. The van der Waals surface area contributed by atoms with Crippen LogP contribution in [0.4, 0.5) is 0 Å². The van der Waals surface area contributed by atoms with Crippen LogP contribution in [0.25, 0.3) is 10.9 Å². The Kier molecular flexibility index (Phi) is 3.71. The fourth-order valence-corrected chi connectivity index (χ4v) is 2.14. The van der Waals surface area contributed by atoms with E-state index in [1.54, 1.807) is 18.3 Å². The van der Waals surface area contributed by atoms with Crippen molar-refractivity contribution in [3.8, 4) is 6.07 Å². The van der Waals surface area contributed by atoms with Gasteiger partial charge in [0.1, 0.15) is 12.1 Å². The Labute approximate surface area is 115 Å². The summed E-state index contributed by atoms with van der Waals surface area (Å²) in [5, 5.41) is 21.3. The van der Waals surface area contributed by atoms with Crippen molar-refractivity contribution in [2.45, 2.75) is 19.4 Å². The molecule has 20 heavy (non-hydrogen) atoms. The van der Waals surface area contributed by atoms with E-state index in [-0.39, 0.29) is 6.42 Å². The minimum Gasteiger partial charge on any atom is -0.480 e. The second-order valence-electron chi connectivity index (χ2n) is 4.45. The lowest BCUT2D eigenvalue weighted by atomic mass is 10.0. The molecule has 0 spiro atoms. The number of hydrogen-bond acceptors (Lipinski definition) is 3. The number of H-pyrrole nitrogens is 1. The van der Waals surface area contributed by atoms with Crippen LogP contribution < -0.4 is 5.32 Å². The van der Waals surface area contributed by atoms with E-state index in [4.69, 9.17) is 10.4 Å². The number of nitrogens with zero attached hydrogens (tertiary/aromatic N) is 1. The number of rotatable bonds is 4. The number of carboxylic acids is 1. The predicted molar refractivity (Wildman–Crippen MR) is 72.0 cm³/mol. The van der Waals surface area contributed by atoms with E-state index in [1.807, 2.05) is 6.07 Å². The molecule has 0 fully saturated rings. The zero-order valence-corrected chi connectivity index (χ0v) is 10.8. The molecule has 102 valence electrons. The van der Waals surface area contributed by atoms with E-state index in [0.29, 0.717) is 11.1 Å². The Morgan fingerprint density at radius 2 is 2.25 bits per heavy atom. The van der Waals surface area contributed by atoms with E-state index in [0.717, 1.165) is 10.9 Å². The van der Waals surface area contributed by atoms with Crippen LogP contribution >= 0.6 is 0 Å². The van der Waals surface area contributed by atoms with Crippen molar-refractivity contribution in [1.29, 1.82) is 5.26 Å². The summed E-state index contributed by atoms with van der Waals surface area (Å²) >= 11 is 0. The number of nitrogens with one attached hydrogen (secondary N) is 2. The molecule has 1 unspecified atom stereocenters. The molecule has 0 aliphatic heterocycles. The summed E-state index contributed by atoms with van der Waals surface area (Å²) in [6.07, 6.45) is 1.83. The van der Waals surface area contributed by atoms with Gasteiger partial charge in [0.15, 0.2) is 0 Å². The number of aromatic amines is 1. The summed E-state index contributed by atoms with van der Waals surface area (Å²) in [5.74, 6) is -1.49. The van der Waals surface area contributed by atoms with Crippen molar-refractivity contribution in [2.75, 3.05) is 0 Å². The number of nitriles is 1. The van der Waals surface area contributed by atoms with Gasteiger partial charge in [-0.1, -0.05) is 12.1 Å². The van der Waals surface area contributed by atoms with Gasteiger partial charge in [-0.15, -0.1) is 0 Å². The highest BCUT2D eigenvalue weighted by Crippen LogP contribution is 2.22. The highest BCUT2D eigenvalue weighted by molar-refractivity contribution is 5.89. The van der Waals surface area contributed by atoms with Gasteiger partial charge in [-0.2, -0.15) is 5.26 Å². The molecule has 0 saturated carbocycles. The zero-order valence-electron chi connectivity index (χ0n) is 10.8. The SMILES string of the molecule is CC(=O)NC(Cc1c[nH]c2c(C#N)cccc12)C(=O)O. The third-order valence-corrected chi connectivity index (χ3v) is 3.02. The van der Waals surface area contributed by atoms with Crippen molar-refractivity contribution in [3.05, 3.63) is 35.5 Å². The summed E-state index contributed by atoms with van der Waals surface area (Å²) in [6.45, 7) is 1.28. The van der Waals surface area contributed by atoms with Gasteiger partial charge in [-0.25, -0.2) is 4.79 Å². The quantitative estimate of drug-likeness (QED) is 0.776. The first-order valence-electron chi connectivity index (χ1n) is 6.02. The van der Waals surface area contributed by atoms with E-state index in [2.05, 4.69) is 16.4 Å². The summed E-state index contributed by atoms with van der Waals surface area (Å²) in [5.41, 5.74) is 1.93. The fraction of sp³-hybridized carbons (Fsp3) is 0.214. The summed E-state index contributed by atoms with van der Waals surface area (Å²) < 4.78 is 0. The highest BCUT2D eigenvalue weighted by Gasteiger charge is 2.20. The van der Waals surface area contributed by atoms with Crippen LogP contribution in [0.5, 0.6) is 0 Å². The highest BCUT2D eigenvalue weighted by atomic mass is 16.4. The van der Waals surface area contributed by atoms with Gasteiger partial charge >= 0.3 is 5.97 Å². The minimum absolute atomic E-state index is 0.157. The maximum Gasteiger partial charge on any atom is 0.326 e. The number of hydrogen-bond donors (Lipinski definition) is 3. The largest absolute Gasteiger partial charge is 0.480 e. The van der Waals surface area contributed by atoms with Crippen molar-refractivity contribution in [2.24, 2.45) is 0 Å². The molecule has 1 amide bonds. The van der Waals surface area contributed by atoms with Gasteiger partial charge in [0.05, 0.1) is 11.1 Å². The molecule has 2 aromatic rings. The Balaban J connectivity index is 2.36. The van der Waals surface area contributed by atoms with Gasteiger partial charge in [-0.05, 0) is 11.6 Å². The molecule has 1 aromatic carbocycles. The van der Waals surface area contributed by atoms with Gasteiger partial charge in [-0.3, -0.25) is 4.79 Å². The van der Waals surface area contributed by atoms with Gasteiger partial charge < -0.3 is 15.4 Å². The Morgan fingerprint density at radius 3 is 2.85 bits per heavy atom. The third-order valence-electron chi connectivity index (χ3n) is 3.02. The smallest absolute Gasteiger partial charge is 0.326 e. The topological polar surface area (TPSA) is 106 Å². The van der Waals surface area contributed by atoms with Crippen LogP contribution in [0.3, 0.4) is 0 Å². The molecule has 3 N–H and O–H groups in total. The molecule has 1 heterocycles. The van der Waals surface area contributed by atoms with Crippen LogP contribution in [0, 0.1) is 11.3 Å². The first-order valence-corrected chi connectivity index (χ1v) is 6.02. The summed E-state index contributed by atoms with van der Waals surface area (Å²) in [6, 6.07) is 6.33. The number of aromatic nitrogens is 1. The van der Waals surface area contributed by atoms with Crippen LogP contribution in [0.2, 0.25) is 0 Å². The number of carbonyl (C=O) groups is 2. The van der Waals surface area contributed by atoms with Crippen LogP contribution in [0.15, 0.2) is 24.4 Å². The maximum absolute atomic E-state index is 11.1. The average Bonchev–Trinajstić information content (AvgIpc) is 2.80. The molecular weight excluding hydrogens is 258 g/mol. The van der Waals surface area contributed by atoms with Gasteiger partial charge in [0.2, 0.25) is 5.91 Å². The number of amides is 1. The first-order chi connectivity index (χ1) is 9.52. The van der Waals surface area contributed by atoms with Gasteiger partial charge in [0.25, 0.3) is 0 Å². The Morgan fingerprint density at radius 1 is 1.50 bits per heavy atom. The standard InChI is InChI=1S/C14H13N3O3/c1-8(18)17-12(14(19)20)5-10-7-16-13-9(6-15)3-2-4-11(10)13/h2-4,7,12,16H,5H2,1H3,(H,17,18)(H,19,20). The fourth-order valence-electron chi connectivity index (χ4n) is 2.14. The number of benzene rings is 1. The molecule has 1 aromatic heterocycles. The number of carboxylic acid groups (broad SMARTS) is 1. The van der Waals surface area contributed by atoms with Crippen molar-refractivity contribution in [3.63, 3.8) is 0 Å². The lowest BCUT2D eigenvalue weighted by molar-refractivity contribution is -0.141. The molecule has 6 nitrogen and oxygen atoms in total. The minimum atomic E-state index is -1.09. The maximum atomic E-state index is 11.1. The third kappa shape index (κ3) is 2.62. The van der Waals surface area contributed by atoms with E-state index < -0.39 is 17.9 Å². The molecule has 0 aliphatic rings. The second kappa shape index (κ2) is 5.45. The molecular formula is C14H13N3O3. The van der Waals surface area contributed by atoms with Crippen molar-refractivity contribution in [1.82, 2.24) is 10.3 Å². The molecule has 0 aliphatic carbocycles. The van der Waals surface area contributed by atoms with Crippen LogP contribution in [-0.2, 0) is 16.0 Å². The van der Waals surface area contributed by atoms with Crippen LogP contribution in [0.1, 0.15) is 18.1 Å². The van der Waals surface area contributed by atoms with Crippen molar-refractivity contribution < 1.29 is 14.7 Å². The molecule has 0 radical (unpaired) electrons. The Hall–Kier alpha value is -2.81. The summed E-state index contributed by atoms with van der Waals surface area (Å²) in [7, 11) is 0. The predicted octanol–water partition coefficient (Wildman–Crippen LogP) is 1.17. The molecule has 2 rings (SSSR count). The number of para-hydroxylation sites is 1. The van der Waals surface area contributed by atoms with Gasteiger partial charge in [0, 0.05) is 24.9 Å². The molecule has 0 saturated heterocycles. The van der Waals surface area contributed by atoms with E-state index >= 15 is 0 Å². The zero-order chi connectivity index (χ0) is 14.7. The number of aliphatic carboxylic acids is 1. The van der Waals surface area contributed by atoms with E-state index in [9.17, 15) is 9.59 Å². The Bertz CT molecular complexity index is 712. The normalized spacial score (nSPS) is 11.8. The molecule has 6 heteroatoms. The number of fused-ring (bicyclic) bond motifs is 1. The first kappa shape index (κ1) is 13.6. The average molecular weight is 271 g/mol. The van der Waals surface area contributed by atoms with Crippen LogP contribution in [-0.4, -0.2) is 28.0 Å². The van der Waals surface area contributed by atoms with E-state index in [1.165, 1.54) is 6.92 Å². The summed E-state index contributed by atoms with van der Waals surface area (Å²) in [4.78, 5) is 25.1.